The number of carbonyl (C=O) groups is 1. The van der Waals surface area contributed by atoms with E-state index in [1.807, 2.05) is 27.7 Å². The topological polar surface area (TPSA) is 29.5 Å². The molecule has 0 N–H and O–H groups in total. The number of ether oxygens (including phenoxy) is 1. The Morgan fingerprint density at radius 3 is 2.07 bits per heavy atom. The van der Waals surface area contributed by atoms with E-state index in [0.717, 1.165) is 0 Å². The molecule has 0 aromatic carbocycles. The minimum Gasteiger partial charge on any atom is -0.366 e. The van der Waals surface area contributed by atoms with E-state index in [4.69, 9.17) is 16.3 Å². The van der Waals surface area contributed by atoms with Gasteiger partial charge < -0.3 is 9.64 Å². The minimum atomic E-state index is -0.288. The van der Waals surface area contributed by atoms with Crippen LogP contribution in [0.1, 0.15) is 27.7 Å². The lowest BCUT2D eigenvalue weighted by atomic mass is 9.99. The first kappa shape index (κ1) is 11.8. The zero-order chi connectivity index (χ0) is 11.0. The third-order valence-corrected chi connectivity index (χ3v) is 2.39. The lowest BCUT2D eigenvalue weighted by Gasteiger charge is -2.47. The molecule has 1 amide bonds. The van der Waals surface area contributed by atoms with Gasteiger partial charge in [0.2, 0.25) is 5.91 Å². The maximum absolute atomic E-state index is 11.5. The molecule has 1 fully saturated rings. The molecule has 14 heavy (non-hydrogen) atoms. The van der Waals surface area contributed by atoms with Crippen molar-refractivity contribution in [2.45, 2.75) is 38.9 Å². The molecule has 82 valence electrons. The van der Waals surface area contributed by atoms with Crippen LogP contribution in [-0.4, -0.2) is 41.0 Å². The molecule has 0 aromatic rings. The summed E-state index contributed by atoms with van der Waals surface area (Å²) in [5.74, 6) is 0.0303. The number of hydrogen-bond acceptors (Lipinski definition) is 2. The van der Waals surface area contributed by atoms with E-state index in [2.05, 4.69) is 0 Å². The Morgan fingerprint density at radius 2 is 1.71 bits per heavy atom. The summed E-state index contributed by atoms with van der Waals surface area (Å²) < 4.78 is 5.85. The van der Waals surface area contributed by atoms with Gasteiger partial charge in [0.25, 0.3) is 0 Å². The second-order valence-electron chi connectivity index (χ2n) is 5.00. The van der Waals surface area contributed by atoms with Gasteiger partial charge in [-0.2, -0.15) is 0 Å². The molecule has 0 aliphatic carbocycles. The summed E-state index contributed by atoms with van der Waals surface area (Å²) >= 11 is 5.54. The van der Waals surface area contributed by atoms with Crippen LogP contribution < -0.4 is 0 Å². The van der Waals surface area contributed by atoms with Gasteiger partial charge in [0, 0.05) is 13.1 Å². The summed E-state index contributed by atoms with van der Waals surface area (Å²) in [6.07, 6.45) is 0. The summed E-state index contributed by atoms with van der Waals surface area (Å²) in [5, 5.41) is 0. The zero-order valence-corrected chi connectivity index (χ0v) is 10.0. The van der Waals surface area contributed by atoms with Gasteiger partial charge in [-0.25, -0.2) is 0 Å². The molecule has 1 aliphatic heterocycles. The minimum absolute atomic E-state index is 0.0175. The highest BCUT2D eigenvalue weighted by molar-refractivity contribution is 6.27. The molecule has 1 heterocycles. The monoisotopic (exact) mass is 219 g/mol. The van der Waals surface area contributed by atoms with Crippen molar-refractivity contribution >= 4 is 17.5 Å². The van der Waals surface area contributed by atoms with Crippen molar-refractivity contribution in [2.75, 3.05) is 19.0 Å². The SMILES string of the molecule is CC1(C)CN(C(=O)CCl)CC(C)(C)O1. The molecule has 0 aromatic heterocycles. The molecule has 1 aliphatic rings. The molecule has 4 heteroatoms. The smallest absolute Gasteiger partial charge is 0.237 e. The van der Waals surface area contributed by atoms with Crippen LogP contribution in [-0.2, 0) is 9.53 Å². The van der Waals surface area contributed by atoms with Gasteiger partial charge in [0.05, 0.1) is 11.2 Å². The predicted molar refractivity (Wildman–Crippen MR) is 56.5 cm³/mol. The van der Waals surface area contributed by atoms with Crippen LogP contribution in [0.15, 0.2) is 0 Å². The number of hydrogen-bond donors (Lipinski definition) is 0. The van der Waals surface area contributed by atoms with Crippen LogP contribution in [0.25, 0.3) is 0 Å². The van der Waals surface area contributed by atoms with Crippen LogP contribution >= 0.6 is 11.6 Å². The van der Waals surface area contributed by atoms with E-state index in [1.165, 1.54) is 0 Å². The van der Waals surface area contributed by atoms with E-state index >= 15 is 0 Å². The van der Waals surface area contributed by atoms with Gasteiger partial charge in [-0.3, -0.25) is 4.79 Å². The summed E-state index contributed by atoms with van der Waals surface area (Å²) in [4.78, 5) is 13.3. The summed E-state index contributed by atoms with van der Waals surface area (Å²) in [6.45, 7) is 9.18. The van der Waals surface area contributed by atoms with E-state index in [0.29, 0.717) is 13.1 Å². The molecule has 0 bridgehead atoms. The van der Waals surface area contributed by atoms with Crippen molar-refractivity contribution in [3.05, 3.63) is 0 Å². The highest BCUT2D eigenvalue weighted by atomic mass is 35.5. The van der Waals surface area contributed by atoms with Gasteiger partial charge in [-0.15, -0.1) is 11.6 Å². The summed E-state index contributed by atoms with van der Waals surface area (Å²) in [7, 11) is 0. The average molecular weight is 220 g/mol. The highest BCUT2D eigenvalue weighted by Crippen LogP contribution is 2.27. The third-order valence-electron chi connectivity index (χ3n) is 2.16. The summed E-state index contributed by atoms with van der Waals surface area (Å²) in [5.41, 5.74) is -0.576. The van der Waals surface area contributed by atoms with Gasteiger partial charge in [-0.1, -0.05) is 0 Å². The quantitative estimate of drug-likeness (QED) is 0.628. The number of rotatable bonds is 1. The van der Waals surface area contributed by atoms with E-state index in [-0.39, 0.29) is 23.0 Å². The molecule has 3 nitrogen and oxygen atoms in total. The molecule has 0 radical (unpaired) electrons. The van der Waals surface area contributed by atoms with Gasteiger partial charge in [0.15, 0.2) is 0 Å². The molecule has 1 rings (SSSR count). The van der Waals surface area contributed by atoms with E-state index in [9.17, 15) is 4.79 Å². The van der Waals surface area contributed by atoms with Gasteiger partial charge >= 0.3 is 0 Å². The largest absolute Gasteiger partial charge is 0.366 e. The molecular weight excluding hydrogens is 202 g/mol. The van der Waals surface area contributed by atoms with Crippen LogP contribution in [0.3, 0.4) is 0 Å². The second kappa shape index (κ2) is 3.70. The third kappa shape index (κ3) is 2.85. The lowest BCUT2D eigenvalue weighted by molar-refractivity contribution is -0.186. The molecular formula is C10H18ClNO2. The van der Waals surface area contributed by atoms with Gasteiger partial charge in [0.1, 0.15) is 5.88 Å². The van der Waals surface area contributed by atoms with Crippen molar-refractivity contribution in [2.24, 2.45) is 0 Å². The fourth-order valence-corrected chi connectivity index (χ4v) is 2.22. The first-order chi connectivity index (χ1) is 6.26. The average Bonchev–Trinajstić information content (AvgIpc) is 1.97. The Balaban J connectivity index is 2.76. The maximum Gasteiger partial charge on any atom is 0.237 e. The maximum atomic E-state index is 11.5. The van der Waals surface area contributed by atoms with Crippen molar-refractivity contribution < 1.29 is 9.53 Å². The Labute approximate surface area is 90.4 Å². The van der Waals surface area contributed by atoms with Crippen LogP contribution in [0.5, 0.6) is 0 Å². The number of carbonyl (C=O) groups excluding carboxylic acids is 1. The normalized spacial score (nSPS) is 24.8. The molecule has 1 saturated heterocycles. The standard InChI is InChI=1S/C10H18ClNO2/c1-9(2)6-12(8(13)5-11)7-10(3,4)14-9/h5-7H2,1-4H3. The Bertz CT molecular complexity index is 222. The summed E-state index contributed by atoms with van der Waals surface area (Å²) in [6, 6.07) is 0. The van der Waals surface area contributed by atoms with Crippen molar-refractivity contribution in [3.63, 3.8) is 0 Å². The predicted octanol–water partition coefficient (Wildman–Crippen LogP) is 1.64. The number of morpholine rings is 1. The molecule has 0 unspecified atom stereocenters. The fourth-order valence-electron chi connectivity index (χ4n) is 2.05. The number of alkyl halides is 1. The molecule has 0 atom stereocenters. The number of nitrogens with zero attached hydrogens (tertiary/aromatic N) is 1. The van der Waals surface area contributed by atoms with Crippen LogP contribution in [0, 0.1) is 0 Å². The van der Waals surface area contributed by atoms with Crippen LogP contribution in [0.2, 0.25) is 0 Å². The molecule has 0 spiro atoms. The molecule has 0 saturated carbocycles. The first-order valence-electron chi connectivity index (χ1n) is 4.80. The Kier molecular flexibility index (Phi) is 3.12. The van der Waals surface area contributed by atoms with Gasteiger partial charge in [-0.05, 0) is 27.7 Å². The lowest BCUT2D eigenvalue weighted by Crippen LogP contribution is -2.58. The van der Waals surface area contributed by atoms with Crippen LogP contribution in [0.4, 0.5) is 0 Å². The Morgan fingerprint density at radius 1 is 1.29 bits per heavy atom. The number of amides is 1. The Hall–Kier alpha value is -0.280. The second-order valence-corrected chi connectivity index (χ2v) is 5.27. The number of halogens is 1. The van der Waals surface area contributed by atoms with Crippen molar-refractivity contribution in [3.8, 4) is 0 Å². The van der Waals surface area contributed by atoms with E-state index in [1.54, 1.807) is 4.90 Å². The zero-order valence-electron chi connectivity index (χ0n) is 9.26. The van der Waals surface area contributed by atoms with Crippen molar-refractivity contribution in [1.29, 1.82) is 0 Å². The van der Waals surface area contributed by atoms with E-state index < -0.39 is 0 Å². The van der Waals surface area contributed by atoms with Crippen molar-refractivity contribution in [1.82, 2.24) is 4.90 Å². The first-order valence-corrected chi connectivity index (χ1v) is 5.33. The fraction of sp³-hybridized carbons (Fsp3) is 0.900. The highest BCUT2D eigenvalue weighted by Gasteiger charge is 2.39.